The van der Waals surface area contributed by atoms with Crippen LogP contribution < -0.4 is 15.4 Å². The van der Waals surface area contributed by atoms with E-state index in [1.807, 2.05) is 26.0 Å². The van der Waals surface area contributed by atoms with E-state index < -0.39 is 0 Å². The molecule has 1 unspecified atom stereocenters. The number of rotatable bonds is 10. The number of pyridine rings is 1. The van der Waals surface area contributed by atoms with Gasteiger partial charge in [-0.1, -0.05) is 23.7 Å². The molecule has 0 spiro atoms. The summed E-state index contributed by atoms with van der Waals surface area (Å²) in [7, 11) is 0. The molecule has 0 saturated carbocycles. The summed E-state index contributed by atoms with van der Waals surface area (Å²) >= 11 is 6.26. The minimum atomic E-state index is -0.280. The predicted octanol–water partition coefficient (Wildman–Crippen LogP) is 4.50. The van der Waals surface area contributed by atoms with Gasteiger partial charge in [0.25, 0.3) is 11.8 Å². The Morgan fingerprint density at radius 3 is 2.32 bits per heavy atom. The fourth-order valence-electron chi connectivity index (χ4n) is 3.36. The zero-order chi connectivity index (χ0) is 24.5. The Bertz CT molecular complexity index is 1100. The highest BCUT2D eigenvalue weighted by molar-refractivity contribution is 6.32. The van der Waals surface area contributed by atoms with Gasteiger partial charge in [-0.25, -0.2) is 0 Å². The van der Waals surface area contributed by atoms with Crippen LogP contribution in [0.2, 0.25) is 5.02 Å². The summed E-state index contributed by atoms with van der Waals surface area (Å²) < 4.78 is 5.61. The lowest BCUT2D eigenvalue weighted by Crippen LogP contribution is -2.37. The second-order valence-corrected chi connectivity index (χ2v) is 8.49. The third kappa shape index (κ3) is 7.30. The van der Waals surface area contributed by atoms with Crippen molar-refractivity contribution < 1.29 is 19.4 Å². The van der Waals surface area contributed by atoms with E-state index in [0.717, 1.165) is 5.56 Å². The number of nitrogens with one attached hydrogen (secondary N) is 2. The summed E-state index contributed by atoms with van der Waals surface area (Å²) in [6, 6.07) is 15.3. The Kier molecular flexibility index (Phi) is 9.01. The summed E-state index contributed by atoms with van der Waals surface area (Å²) in [6.45, 7) is 3.74. The number of aliphatic hydroxyl groups is 1. The fourth-order valence-corrected chi connectivity index (χ4v) is 3.58. The number of amides is 2. The van der Waals surface area contributed by atoms with Crippen LogP contribution in [-0.2, 0) is 6.42 Å². The van der Waals surface area contributed by atoms with Gasteiger partial charge in [0.1, 0.15) is 5.75 Å². The molecule has 7 nitrogen and oxygen atoms in total. The maximum Gasteiger partial charge on any atom is 0.255 e. The van der Waals surface area contributed by atoms with Gasteiger partial charge in [-0.15, -0.1) is 0 Å². The number of carbonyl (C=O) groups excluding carboxylic acids is 2. The van der Waals surface area contributed by atoms with Crippen molar-refractivity contribution in [3.05, 3.63) is 88.7 Å². The molecule has 178 valence electrons. The molecule has 2 amide bonds. The Balaban J connectivity index is 1.61. The van der Waals surface area contributed by atoms with Crippen LogP contribution in [0.3, 0.4) is 0 Å². The molecule has 0 fully saturated rings. The summed E-state index contributed by atoms with van der Waals surface area (Å²) in [6.07, 6.45) is 4.02. The van der Waals surface area contributed by atoms with Gasteiger partial charge >= 0.3 is 0 Å². The molecule has 34 heavy (non-hydrogen) atoms. The van der Waals surface area contributed by atoms with Gasteiger partial charge in [-0.2, -0.15) is 0 Å². The summed E-state index contributed by atoms with van der Waals surface area (Å²) in [5.41, 5.74) is 2.55. The SMILES string of the molecule is CC(C)Oc1ccc(C(=O)NC(CCO)Cc2ccc(NC(=O)c3ccncc3)cc2)cc1Cl. The third-order valence-corrected chi connectivity index (χ3v) is 5.30. The normalized spacial score (nSPS) is 11.7. The van der Waals surface area contributed by atoms with Crippen molar-refractivity contribution in [2.75, 3.05) is 11.9 Å². The molecule has 0 aliphatic rings. The number of carbonyl (C=O) groups is 2. The lowest BCUT2D eigenvalue weighted by atomic mass is 10.0. The molecule has 3 aromatic rings. The Morgan fingerprint density at radius 1 is 1.00 bits per heavy atom. The quantitative estimate of drug-likeness (QED) is 0.396. The highest BCUT2D eigenvalue weighted by atomic mass is 35.5. The van der Waals surface area contributed by atoms with Gasteiger partial charge in [0.05, 0.1) is 11.1 Å². The smallest absolute Gasteiger partial charge is 0.255 e. The van der Waals surface area contributed by atoms with Crippen LogP contribution in [0.4, 0.5) is 5.69 Å². The minimum absolute atomic E-state index is 0.0264. The van der Waals surface area contributed by atoms with Gasteiger partial charge in [-0.05, 0) is 74.7 Å². The number of aromatic nitrogens is 1. The molecule has 0 aliphatic heterocycles. The first kappa shape index (κ1) is 25.2. The number of nitrogens with zero attached hydrogens (tertiary/aromatic N) is 1. The number of hydrogen-bond donors (Lipinski definition) is 3. The van der Waals surface area contributed by atoms with Crippen molar-refractivity contribution >= 4 is 29.1 Å². The van der Waals surface area contributed by atoms with Gasteiger partial charge in [0, 0.05) is 41.9 Å². The largest absolute Gasteiger partial charge is 0.489 e. The lowest BCUT2D eigenvalue weighted by molar-refractivity contribution is 0.0929. The van der Waals surface area contributed by atoms with Crippen LogP contribution in [-0.4, -0.2) is 40.7 Å². The van der Waals surface area contributed by atoms with Gasteiger partial charge < -0.3 is 20.5 Å². The van der Waals surface area contributed by atoms with Crippen molar-refractivity contribution in [1.82, 2.24) is 10.3 Å². The molecular formula is C26H28ClN3O4. The summed E-state index contributed by atoms with van der Waals surface area (Å²) in [5.74, 6) is 0.0259. The van der Waals surface area contributed by atoms with E-state index in [9.17, 15) is 14.7 Å². The maximum absolute atomic E-state index is 12.8. The Morgan fingerprint density at radius 2 is 1.71 bits per heavy atom. The van der Waals surface area contributed by atoms with E-state index >= 15 is 0 Å². The Labute approximate surface area is 204 Å². The minimum Gasteiger partial charge on any atom is -0.489 e. The highest BCUT2D eigenvalue weighted by Gasteiger charge is 2.16. The average molecular weight is 482 g/mol. The molecule has 2 aromatic carbocycles. The van der Waals surface area contributed by atoms with Crippen molar-refractivity contribution in [2.45, 2.75) is 38.8 Å². The first-order valence-corrected chi connectivity index (χ1v) is 11.4. The van der Waals surface area contributed by atoms with E-state index in [1.165, 1.54) is 0 Å². The van der Waals surface area contributed by atoms with Crippen molar-refractivity contribution in [2.24, 2.45) is 0 Å². The zero-order valence-electron chi connectivity index (χ0n) is 19.1. The molecule has 1 heterocycles. The fraction of sp³-hybridized carbons (Fsp3) is 0.269. The summed E-state index contributed by atoms with van der Waals surface area (Å²) in [4.78, 5) is 29.0. The highest BCUT2D eigenvalue weighted by Crippen LogP contribution is 2.26. The van der Waals surface area contributed by atoms with Crippen LogP contribution in [0.25, 0.3) is 0 Å². The van der Waals surface area contributed by atoms with Crippen molar-refractivity contribution in [1.29, 1.82) is 0 Å². The summed E-state index contributed by atoms with van der Waals surface area (Å²) in [5, 5.41) is 15.6. The second-order valence-electron chi connectivity index (χ2n) is 8.09. The second kappa shape index (κ2) is 12.2. The molecule has 1 atom stereocenters. The molecular weight excluding hydrogens is 454 g/mol. The van der Waals surface area contributed by atoms with E-state index in [2.05, 4.69) is 15.6 Å². The monoisotopic (exact) mass is 481 g/mol. The molecule has 0 bridgehead atoms. The molecule has 3 rings (SSSR count). The van der Waals surface area contributed by atoms with Gasteiger partial charge in [0.2, 0.25) is 0 Å². The van der Waals surface area contributed by atoms with E-state index in [4.69, 9.17) is 16.3 Å². The number of hydrogen-bond acceptors (Lipinski definition) is 5. The number of benzene rings is 2. The molecule has 1 aromatic heterocycles. The molecule has 0 radical (unpaired) electrons. The third-order valence-electron chi connectivity index (χ3n) is 5.01. The first-order chi connectivity index (χ1) is 16.4. The van der Waals surface area contributed by atoms with E-state index in [0.29, 0.717) is 40.4 Å². The topological polar surface area (TPSA) is 101 Å². The van der Waals surface area contributed by atoms with Crippen LogP contribution in [0, 0.1) is 0 Å². The molecule has 0 aliphatic carbocycles. The van der Waals surface area contributed by atoms with E-state index in [1.54, 1.807) is 54.9 Å². The number of halogens is 1. The van der Waals surface area contributed by atoms with E-state index in [-0.39, 0.29) is 30.6 Å². The first-order valence-electron chi connectivity index (χ1n) is 11.0. The van der Waals surface area contributed by atoms with Gasteiger partial charge in [0.15, 0.2) is 0 Å². The Hall–Kier alpha value is -3.42. The van der Waals surface area contributed by atoms with Crippen molar-refractivity contribution in [3.8, 4) is 5.75 Å². The standard InChI is InChI=1S/C26H28ClN3O4/c1-17(2)34-24-8-5-20(16-23(24)27)26(33)30-22(11-14-31)15-18-3-6-21(7-4-18)29-25(32)19-9-12-28-13-10-19/h3-10,12-13,16-17,22,31H,11,14-15H2,1-2H3,(H,29,32)(H,30,33). The molecule has 3 N–H and O–H groups in total. The lowest BCUT2D eigenvalue weighted by Gasteiger charge is -2.19. The number of anilines is 1. The van der Waals surface area contributed by atoms with Crippen LogP contribution in [0.5, 0.6) is 5.75 Å². The van der Waals surface area contributed by atoms with Crippen molar-refractivity contribution in [3.63, 3.8) is 0 Å². The number of aliphatic hydroxyl groups excluding tert-OH is 1. The predicted molar refractivity (Wildman–Crippen MR) is 133 cm³/mol. The maximum atomic E-state index is 12.8. The van der Waals surface area contributed by atoms with Gasteiger partial charge in [-0.3, -0.25) is 14.6 Å². The van der Waals surface area contributed by atoms with Crippen LogP contribution >= 0.6 is 11.6 Å². The number of ether oxygens (including phenoxy) is 1. The average Bonchev–Trinajstić information content (AvgIpc) is 2.82. The zero-order valence-corrected chi connectivity index (χ0v) is 19.9. The molecule has 0 saturated heterocycles. The van der Waals surface area contributed by atoms with Crippen LogP contribution in [0.1, 0.15) is 46.5 Å². The molecule has 8 heteroatoms. The van der Waals surface area contributed by atoms with Crippen LogP contribution in [0.15, 0.2) is 67.0 Å².